The van der Waals surface area contributed by atoms with Gasteiger partial charge in [-0.05, 0) is 73.9 Å². The fraction of sp³-hybridized carbons (Fsp3) is 0.562. The van der Waals surface area contributed by atoms with Crippen molar-refractivity contribution in [2.24, 2.45) is 11.8 Å². The summed E-state index contributed by atoms with van der Waals surface area (Å²) in [6, 6.07) is 17.0. The van der Waals surface area contributed by atoms with E-state index in [0.29, 0.717) is 12.5 Å². The minimum atomic E-state index is 0.589. The quantitative estimate of drug-likeness (QED) is 0.234. The molecule has 2 aromatic rings. The average Bonchev–Trinajstić information content (AvgIpc) is 2.86. The molecule has 1 heteroatoms. The van der Waals surface area contributed by atoms with E-state index in [1.807, 2.05) is 19.1 Å². The van der Waals surface area contributed by atoms with Crippen molar-refractivity contribution in [3.05, 3.63) is 54.1 Å². The number of hydrogen-bond donors (Lipinski definition) is 0. The van der Waals surface area contributed by atoms with E-state index in [1.54, 1.807) is 0 Å². The molecule has 0 atom stereocenters. The SMILES string of the molecule is CCCCCCCCCCC1CCC(C#Cc2ccc(-c3ccc(OCC)cc3)cc2)CC1. The van der Waals surface area contributed by atoms with Crippen molar-refractivity contribution in [3.8, 4) is 28.7 Å². The third-order valence-corrected chi connectivity index (χ3v) is 7.12. The van der Waals surface area contributed by atoms with Gasteiger partial charge in [0, 0.05) is 11.5 Å². The molecular formula is C32H44O. The third-order valence-electron chi connectivity index (χ3n) is 7.12. The number of hydrogen-bond acceptors (Lipinski definition) is 1. The van der Waals surface area contributed by atoms with Crippen molar-refractivity contribution in [1.29, 1.82) is 0 Å². The predicted octanol–water partition coefficient (Wildman–Crippen LogP) is 9.44. The van der Waals surface area contributed by atoms with E-state index in [1.165, 1.54) is 94.6 Å². The van der Waals surface area contributed by atoms with E-state index in [0.717, 1.165) is 17.2 Å². The molecule has 0 unspecified atom stereocenters. The molecule has 0 saturated heterocycles. The fourth-order valence-corrected chi connectivity index (χ4v) is 5.00. The summed E-state index contributed by atoms with van der Waals surface area (Å²) in [5.74, 6) is 9.49. The maximum Gasteiger partial charge on any atom is 0.119 e. The monoisotopic (exact) mass is 444 g/mol. The summed E-state index contributed by atoms with van der Waals surface area (Å²) < 4.78 is 5.54. The van der Waals surface area contributed by atoms with E-state index in [9.17, 15) is 0 Å². The van der Waals surface area contributed by atoms with Crippen LogP contribution in [-0.4, -0.2) is 6.61 Å². The molecule has 0 bridgehead atoms. The molecule has 0 aliphatic heterocycles. The lowest BCUT2D eigenvalue weighted by atomic mass is 9.80. The predicted molar refractivity (Wildman–Crippen MR) is 143 cm³/mol. The van der Waals surface area contributed by atoms with Gasteiger partial charge in [0.15, 0.2) is 0 Å². The number of rotatable bonds is 12. The van der Waals surface area contributed by atoms with Gasteiger partial charge in [-0.25, -0.2) is 0 Å². The van der Waals surface area contributed by atoms with Crippen LogP contribution in [0.25, 0.3) is 11.1 Å². The van der Waals surface area contributed by atoms with Crippen LogP contribution in [0.4, 0.5) is 0 Å². The number of benzene rings is 2. The molecule has 1 aliphatic rings. The van der Waals surface area contributed by atoms with Crippen molar-refractivity contribution >= 4 is 0 Å². The van der Waals surface area contributed by atoms with Gasteiger partial charge in [0.05, 0.1) is 6.61 Å². The van der Waals surface area contributed by atoms with E-state index in [-0.39, 0.29) is 0 Å². The Morgan fingerprint density at radius 3 is 1.88 bits per heavy atom. The van der Waals surface area contributed by atoms with Crippen LogP contribution < -0.4 is 4.74 Å². The summed E-state index contributed by atoms with van der Waals surface area (Å²) in [4.78, 5) is 0. The van der Waals surface area contributed by atoms with Gasteiger partial charge in [0.2, 0.25) is 0 Å². The molecule has 0 radical (unpaired) electrons. The highest BCUT2D eigenvalue weighted by Gasteiger charge is 2.19. The Kier molecular flexibility index (Phi) is 11.4. The molecule has 2 aromatic carbocycles. The first-order valence-corrected chi connectivity index (χ1v) is 13.6. The fourth-order valence-electron chi connectivity index (χ4n) is 5.00. The van der Waals surface area contributed by atoms with Gasteiger partial charge < -0.3 is 4.74 Å². The first kappa shape index (κ1) is 25.4. The Morgan fingerprint density at radius 1 is 0.697 bits per heavy atom. The van der Waals surface area contributed by atoms with Gasteiger partial charge in [-0.3, -0.25) is 0 Å². The Bertz CT molecular complexity index is 829. The standard InChI is InChI=1S/C32H44O/c1-3-5-6-7-8-9-10-11-12-27-13-15-28(16-14-27)17-18-29-19-21-30(22-20-29)31-23-25-32(26-24-31)33-4-2/h19-28H,3-16H2,1-2H3. The second-order valence-electron chi connectivity index (χ2n) is 9.79. The van der Waals surface area contributed by atoms with E-state index < -0.39 is 0 Å². The van der Waals surface area contributed by atoms with Crippen LogP contribution in [0.15, 0.2) is 48.5 Å². The Morgan fingerprint density at radius 2 is 1.27 bits per heavy atom. The van der Waals surface area contributed by atoms with Crippen LogP contribution in [0.3, 0.4) is 0 Å². The van der Waals surface area contributed by atoms with Gasteiger partial charge in [-0.2, -0.15) is 0 Å². The zero-order chi connectivity index (χ0) is 23.1. The molecular weight excluding hydrogens is 400 g/mol. The molecule has 1 fully saturated rings. The molecule has 33 heavy (non-hydrogen) atoms. The molecule has 0 N–H and O–H groups in total. The molecule has 0 aromatic heterocycles. The van der Waals surface area contributed by atoms with Crippen LogP contribution in [0.1, 0.15) is 103 Å². The highest BCUT2D eigenvalue weighted by atomic mass is 16.5. The Hall–Kier alpha value is -2.20. The first-order chi connectivity index (χ1) is 16.3. The lowest BCUT2D eigenvalue weighted by molar-refractivity contribution is 0.293. The second kappa shape index (κ2) is 14.8. The smallest absolute Gasteiger partial charge is 0.119 e. The van der Waals surface area contributed by atoms with E-state index in [2.05, 4.69) is 55.2 Å². The lowest BCUT2D eigenvalue weighted by Gasteiger charge is -2.25. The zero-order valence-corrected chi connectivity index (χ0v) is 21.1. The average molecular weight is 445 g/mol. The van der Waals surface area contributed by atoms with Crippen molar-refractivity contribution in [3.63, 3.8) is 0 Å². The maximum atomic E-state index is 5.54. The van der Waals surface area contributed by atoms with Crippen molar-refractivity contribution in [1.82, 2.24) is 0 Å². The normalized spacial score (nSPS) is 17.9. The summed E-state index contributed by atoms with van der Waals surface area (Å²) in [6.07, 6.45) is 18.2. The summed E-state index contributed by atoms with van der Waals surface area (Å²) in [6.45, 7) is 5.01. The molecule has 0 heterocycles. The van der Waals surface area contributed by atoms with Gasteiger partial charge in [-0.15, -0.1) is 0 Å². The van der Waals surface area contributed by atoms with Crippen LogP contribution in [0.5, 0.6) is 5.75 Å². The van der Waals surface area contributed by atoms with Crippen LogP contribution in [0, 0.1) is 23.7 Å². The number of ether oxygens (including phenoxy) is 1. The van der Waals surface area contributed by atoms with Crippen molar-refractivity contribution in [2.45, 2.75) is 97.3 Å². The second-order valence-corrected chi connectivity index (χ2v) is 9.79. The third kappa shape index (κ3) is 9.29. The maximum absolute atomic E-state index is 5.54. The molecule has 178 valence electrons. The zero-order valence-electron chi connectivity index (χ0n) is 21.1. The molecule has 1 nitrogen and oxygen atoms in total. The topological polar surface area (TPSA) is 9.23 Å². The highest BCUT2D eigenvalue weighted by molar-refractivity contribution is 5.65. The van der Waals surface area contributed by atoms with Gasteiger partial charge in [0.25, 0.3) is 0 Å². The van der Waals surface area contributed by atoms with E-state index >= 15 is 0 Å². The summed E-state index contributed by atoms with van der Waals surface area (Å²) in [7, 11) is 0. The minimum absolute atomic E-state index is 0.589. The van der Waals surface area contributed by atoms with E-state index in [4.69, 9.17) is 4.74 Å². The summed E-state index contributed by atoms with van der Waals surface area (Å²) in [5, 5.41) is 0. The minimum Gasteiger partial charge on any atom is -0.494 e. The van der Waals surface area contributed by atoms with Crippen LogP contribution in [-0.2, 0) is 0 Å². The summed E-state index contributed by atoms with van der Waals surface area (Å²) >= 11 is 0. The Labute approximate surface area is 203 Å². The number of unbranched alkanes of at least 4 members (excludes halogenated alkanes) is 7. The van der Waals surface area contributed by atoms with Gasteiger partial charge in [0.1, 0.15) is 5.75 Å². The molecule has 0 spiro atoms. The molecule has 0 amide bonds. The van der Waals surface area contributed by atoms with Crippen molar-refractivity contribution in [2.75, 3.05) is 6.61 Å². The lowest BCUT2D eigenvalue weighted by Crippen LogP contribution is -2.13. The first-order valence-electron chi connectivity index (χ1n) is 13.6. The Balaban J connectivity index is 1.35. The summed E-state index contributed by atoms with van der Waals surface area (Å²) in [5.41, 5.74) is 3.57. The largest absolute Gasteiger partial charge is 0.494 e. The van der Waals surface area contributed by atoms with Gasteiger partial charge >= 0.3 is 0 Å². The van der Waals surface area contributed by atoms with Crippen LogP contribution >= 0.6 is 0 Å². The van der Waals surface area contributed by atoms with Gasteiger partial charge in [-0.1, -0.05) is 101 Å². The molecule has 1 saturated carbocycles. The van der Waals surface area contributed by atoms with Crippen LogP contribution in [0.2, 0.25) is 0 Å². The highest BCUT2D eigenvalue weighted by Crippen LogP contribution is 2.32. The molecule has 1 aliphatic carbocycles. The molecule has 3 rings (SSSR count). The van der Waals surface area contributed by atoms with Crippen molar-refractivity contribution < 1.29 is 4.74 Å².